The second-order valence-electron chi connectivity index (χ2n) is 6.35. The van der Waals surface area contributed by atoms with Gasteiger partial charge in [-0.25, -0.2) is 17.4 Å². The van der Waals surface area contributed by atoms with Crippen LogP contribution < -0.4 is 4.90 Å². The number of carbonyl (C=O) groups excluding carboxylic acids is 1. The van der Waals surface area contributed by atoms with E-state index in [1.807, 2.05) is 0 Å². The number of nitrogens with zero attached hydrogens (tertiary/aromatic N) is 5. The fourth-order valence-electron chi connectivity index (χ4n) is 2.56. The van der Waals surface area contributed by atoms with Gasteiger partial charge in [0.25, 0.3) is 0 Å². The maximum Gasteiger partial charge on any atom is 0.390 e. The first kappa shape index (κ1) is 24.1. The molecule has 0 spiro atoms. The second-order valence-corrected chi connectivity index (χ2v) is 8.91. The molecule has 2 rings (SSSR count). The van der Waals surface area contributed by atoms with Gasteiger partial charge in [-0.05, 0) is 19.1 Å². The quantitative estimate of drug-likeness (QED) is 0.566. The lowest BCUT2D eigenvalue weighted by Crippen LogP contribution is -2.36. The van der Waals surface area contributed by atoms with Gasteiger partial charge in [0.1, 0.15) is 5.69 Å². The second kappa shape index (κ2) is 9.75. The standard InChI is InChI=1S/C17H21ClF3N5O3S/c1-3-25(14-12-26(23-16(14)18)13-5-4-8-22-11-13)15(27)6-10-30(28,29)24(2)9-7-17(19,20)21/h4-5,8,11-12H,3,6-7,9-10H2,1-2H3. The van der Waals surface area contributed by atoms with Crippen LogP contribution in [0.5, 0.6) is 0 Å². The lowest BCUT2D eigenvalue weighted by Gasteiger charge is -2.21. The van der Waals surface area contributed by atoms with Crippen LogP contribution in [-0.2, 0) is 14.8 Å². The van der Waals surface area contributed by atoms with Crippen molar-refractivity contribution in [3.63, 3.8) is 0 Å². The van der Waals surface area contributed by atoms with Crippen LogP contribution in [0.3, 0.4) is 0 Å². The Hall–Kier alpha value is -2.18. The zero-order valence-electron chi connectivity index (χ0n) is 16.3. The Bertz CT molecular complexity index is 967. The Morgan fingerprint density at radius 3 is 2.60 bits per heavy atom. The Morgan fingerprint density at radius 1 is 1.33 bits per heavy atom. The highest BCUT2D eigenvalue weighted by atomic mass is 35.5. The van der Waals surface area contributed by atoms with Gasteiger partial charge in [0, 0.05) is 32.8 Å². The summed E-state index contributed by atoms with van der Waals surface area (Å²) < 4.78 is 63.4. The summed E-state index contributed by atoms with van der Waals surface area (Å²) in [4.78, 5) is 17.9. The predicted octanol–water partition coefficient (Wildman–Crippen LogP) is 2.88. The van der Waals surface area contributed by atoms with Gasteiger partial charge >= 0.3 is 6.18 Å². The molecule has 0 unspecified atom stereocenters. The van der Waals surface area contributed by atoms with Gasteiger partial charge in [-0.3, -0.25) is 9.78 Å². The van der Waals surface area contributed by atoms with Gasteiger partial charge in [-0.1, -0.05) is 11.6 Å². The highest BCUT2D eigenvalue weighted by Crippen LogP contribution is 2.26. The number of rotatable bonds is 9. The van der Waals surface area contributed by atoms with Gasteiger partial charge in [0.2, 0.25) is 15.9 Å². The van der Waals surface area contributed by atoms with Crippen molar-refractivity contribution in [1.82, 2.24) is 19.1 Å². The average molecular weight is 468 g/mol. The van der Waals surface area contributed by atoms with Crippen molar-refractivity contribution in [2.45, 2.75) is 25.9 Å². The largest absolute Gasteiger partial charge is 0.390 e. The molecule has 2 heterocycles. The van der Waals surface area contributed by atoms with E-state index in [1.54, 1.807) is 31.5 Å². The highest BCUT2D eigenvalue weighted by Gasteiger charge is 2.30. The normalized spacial score (nSPS) is 12.4. The van der Waals surface area contributed by atoms with E-state index >= 15 is 0 Å². The molecule has 0 saturated heterocycles. The van der Waals surface area contributed by atoms with E-state index < -0.39 is 47.2 Å². The lowest BCUT2D eigenvalue weighted by molar-refractivity contribution is -0.135. The monoisotopic (exact) mass is 467 g/mol. The van der Waals surface area contributed by atoms with Crippen molar-refractivity contribution >= 4 is 33.2 Å². The number of alkyl halides is 3. The molecular formula is C17H21ClF3N5O3S. The molecule has 1 amide bonds. The first-order valence-corrected chi connectivity index (χ1v) is 10.9. The van der Waals surface area contributed by atoms with E-state index in [0.29, 0.717) is 9.99 Å². The van der Waals surface area contributed by atoms with Crippen molar-refractivity contribution in [3.05, 3.63) is 35.9 Å². The van der Waals surface area contributed by atoms with E-state index in [4.69, 9.17) is 11.6 Å². The zero-order valence-corrected chi connectivity index (χ0v) is 17.9. The van der Waals surface area contributed by atoms with Gasteiger partial charge in [0.15, 0.2) is 5.15 Å². The maximum atomic E-state index is 12.6. The van der Waals surface area contributed by atoms with Crippen LogP contribution in [-0.4, -0.2) is 65.5 Å². The molecule has 0 aliphatic carbocycles. The Balaban J connectivity index is 2.07. The number of pyridine rings is 1. The van der Waals surface area contributed by atoms with Crippen molar-refractivity contribution < 1.29 is 26.4 Å². The molecule has 0 aliphatic heterocycles. The average Bonchev–Trinajstić information content (AvgIpc) is 3.06. The minimum absolute atomic E-state index is 0.0409. The molecule has 0 bridgehead atoms. The first-order chi connectivity index (χ1) is 13.9. The van der Waals surface area contributed by atoms with Gasteiger partial charge in [-0.15, -0.1) is 0 Å². The van der Waals surface area contributed by atoms with E-state index in [1.165, 1.54) is 15.8 Å². The molecule has 0 N–H and O–H groups in total. The Morgan fingerprint density at radius 2 is 2.03 bits per heavy atom. The zero-order chi connectivity index (χ0) is 22.5. The smallest absolute Gasteiger partial charge is 0.308 e. The molecule has 0 aliphatic rings. The summed E-state index contributed by atoms with van der Waals surface area (Å²) in [6, 6.07) is 3.44. The number of hydrogen-bond acceptors (Lipinski definition) is 5. The van der Waals surface area contributed by atoms with E-state index in [9.17, 15) is 26.4 Å². The lowest BCUT2D eigenvalue weighted by atomic mass is 10.3. The van der Waals surface area contributed by atoms with Crippen LogP contribution >= 0.6 is 11.6 Å². The molecule has 8 nitrogen and oxygen atoms in total. The summed E-state index contributed by atoms with van der Waals surface area (Å²) in [6.07, 6.45) is -1.49. The van der Waals surface area contributed by atoms with Crippen LogP contribution in [0.4, 0.5) is 18.9 Å². The number of aromatic nitrogens is 3. The van der Waals surface area contributed by atoms with Crippen molar-refractivity contribution in [2.75, 3.05) is 30.8 Å². The molecule has 0 fully saturated rings. The minimum Gasteiger partial charge on any atom is -0.308 e. The van der Waals surface area contributed by atoms with Crippen LogP contribution in [0.1, 0.15) is 19.8 Å². The van der Waals surface area contributed by atoms with Gasteiger partial charge in [0.05, 0.1) is 30.3 Å². The Kier molecular flexibility index (Phi) is 7.83. The van der Waals surface area contributed by atoms with Crippen molar-refractivity contribution in [1.29, 1.82) is 0 Å². The summed E-state index contributed by atoms with van der Waals surface area (Å²) >= 11 is 6.16. The molecule has 30 heavy (non-hydrogen) atoms. The molecule has 2 aromatic heterocycles. The van der Waals surface area contributed by atoms with Crippen LogP contribution in [0.25, 0.3) is 5.69 Å². The van der Waals surface area contributed by atoms with E-state index in [-0.39, 0.29) is 17.4 Å². The van der Waals surface area contributed by atoms with Crippen LogP contribution in [0.15, 0.2) is 30.7 Å². The molecule has 2 aromatic rings. The summed E-state index contributed by atoms with van der Waals surface area (Å²) in [5.74, 6) is -1.16. The van der Waals surface area contributed by atoms with Crippen LogP contribution in [0.2, 0.25) is 5.15 Å². The number of sulfonamides is 1. The number of halogens is 4. The SMILES string of the molecule is CCN(C(=O)CCS(=O)(=O)N(C)CCC(F)(F)F)c1cn(-c2cccnc2)nc1Cl. The molecule has 0 radical (unpaired) electrons. The fourth-order valence-corrected chi connectivity index (χ4v) is 3.90. The third-order valence-corrected chi connectivity index (χ3v) is 6.35. The summed E-state index contributed by atoms with van der Waals surface area (Å²) in [5, 5.41) is 4.17. The van der Waals surface area contributed by atoms with Gasteiger partial charge < -0.3 is 4.90 Å². The van der Waals surface area contributed by atoms with Crippen molar-refractivity contribution in [3.8, 4) is 5.69 Å². The molecule has 166 valence electrons. The predicted molar refractivity (Wildman–Crippen MR) is 106 cm³/mol. The third kappa shape index (κ3) is 6.41. The number of amides is 1. The molecular weight excluding hydrogens is 447 g/mol. The van der Waals surface area contributed by atoms with Gasteiger partial charge in [-0.2, -0.15) is 18.3 Å². The Labute approximate surface area is 177 Å². The van der Waals surface area contributed by atoms with E-state index in [0.717, 1.165) is 7.05 Å². The molecule has 0 saturated carbocycles. The first-order valence-electron chi connectivity index (χ1n) is 8.91. The van der Waals surface area contributed by atoms with Crippen molar-refractivity contribution in [2.24, 2.45) is 0 Å². The summed E-state index contributed by atoms with van der Waals surface area (Å²) in [5.41, 5.74) is 0.902. The summed E-state index contributed by atoms with van der Waals surface area (Å²) in [7, 11) is -2.97. The maximum absolute atomic E-state index is 12.6. The molecule has 13 heteroatoms. The third-order valence-electron chi connectivity index (χ3n) is 4.23. The number of carbonyl (C=O) groups is 1. The van der Waals surface area contributed by atoms with E-state index in [2.05, 4.69) is 10.1 Å². The topological polar surface area (TPSA) is 88.4 Å². The molecule has 0 atom stereocenters. The highest BCUT2D eigenvalue weighted by molar-refractivity contribution is 7.89. The fraction of sp³-hybridized carbons (Fsp3) is 0.471. The number of anilines is 1. The molecule has 0 aromatic carbocycles. The summed E-state index contributed by atoms with van der Waals surface area (Å²) in [6.45, 7) is 1.17. The minimum atomic E-state index is -4.47. The number of hydrogen-bond donors (Lipinski definition) is 0. The van der Waals surface area contributed by atoms with Crippen LogP contribution in [0, 0.1) is 0 Å².